The number of amides is 3. The summed E-state index contributed by atoms with van der Waals surface area (Å²) in [6.45, 7) is 6.27. The molecule has 10 heteroatoms. The molecule has 0 saturated carbocycles. The summed E-state index contributed by atoms with van der Waals surface area (Å²) in [5.74, 6) is -0.960. The van der Waals surface area contributed by atoms with Crippen LogP contribution in [-0.2, 0) is 24.3 Å². The van der Waals surface area contributed by atoms with E-state index in [2.05, 4.69) is 10.4 Å². The van der Waals surface area contributed by atoms with Crippen LogP contribution >= 0.6 is 0 Å². The molecule has 0 saturated heterocycles. The van der Waals surface area contributed by atoms with Crippen LogP contribution in [0.25, 0.3) is 0 Å². The summed E-state index contributed by atoms with van der Waals surface area (Å²) in [4.78, 5) is 33.3. The molecule has 1 unspecified atom stereocenters. The van der Waals surface area contributed by atoms with Crippen molar-refractivity contribution in [2.75, 3.05) is 12.4 Å². The molecule has 3 amide bonds. The summed E-state index contributed by atoms with van der Waals surface area (Å²) < 4.78 is 15.2. The first-order valence-corrected chi connectivity index (χ1v) is 9.92. The van der Waals surface area contributed by atoms with E-state index in [0.29, 0.717) is 29.9 Å². The highest BCUT2D eigenvalue weighted by molar-refractivity contribution is 5.94. The molecule has 1 atom stereocenters. The highest BCUT2D eigenvalue weighted by Gasteiger charge is 2.39. The molecule has 2 aliphatic rings. The van der Waals surface area contributed by atoms with Crippen molar-refractivity contribution in [1.82, 2.24) is 19.7 Å². The topological polar surface area (TPSA) is 103 Å². The van der Waals surface area contributed by atoms with Crippen molar-refractivity contribution in [2.45, 2.75) is 51.9 Å². The molecule has 1 aromatic carbocycles. The lowest BCUT2D eigenvalue weighted by atomic mass is 9.99. The average molecular weight is 426 g/mol. The Morgan fingerprint density at radius 3 is 2.87 bits per heavy atom. The Kier molecular flexibility index (Phi) is 4.94. The SMILES string of the molecule is CC1Cc2nn3c(c2CN1C(=O)Nc1ccc(F)c(C#N)c1)C(=O)N(C)OC(C)(C)C3. The van der Waals surface area contributed by atoms with Crippen molar-refractivity contribution in [3.63, 3.8) is 0 Å². The minimum Gasteiger partial charge on any atom is -0.317 e. The summed E-state index contributed by atoms with van der Waals surface area (Å²) in [6, 6.07) is 5.02. The third-order valence-corrected chi connectivity index (χ3v) is 5.49. The van der Waals surface area contributed by atoms with Gasteiger partial charge in [0, 0.05) is 30.8 Å². The molecule has 3 heterocycles. The molecule has 162 valence electrons. The number of carbonyl (C=O) groups is 2. The Hall–Kier alpha value is -3.45. The van der Waals surface area contributed by atoms with Gasteiger partial charge in [0.15, 0.2) is 0 Å². The van der Waals surface area contributed by atoms with Gasteiger partial charge in [-0.15, -0.1) is 0 Å². The number of aromatic nitrogens is 2. The number of anilines is 1. The minimum atomic E-state index is -0.646. The maximum absolute atomic E-state index is 13.6. The zero-order valence-corrected chi connectivity index (χ0v) is 17.8. The van der Waals surface area contributed by atoms with Crippen LogP contribution in [-0.4, -0.2) is 50.4 Å². The zero-order chi connectivity index (χ0) is 22.5. The van der Waals surface area contributed by atoms with E-state index in [0.717, 1.165) is 11.8 Å². The number of carbonyl (C=O) groups excluding carboxylic acids is 2. The molecule has 4 rings (SSSR count). The summed E-state index contributed by atoms with van der Waals surface area (Å²) in [5.41, 5.74) is 1.46. The van der Waals surface area contributed by atoms with Gasteiger partial charge in [-0.1, -0.05) is 0 Å². The highest BCUT2D eigenvalue weighted by atomic mass is 19.1. The van der Waals surface area contributed by atoms with Crippen LogP contribution < -0.4 is 5.32 Å². The fourth-order valence-electron chi connectivity index (χ4n) is 4.06. The molecule has 0 fully saturated rings. The monoisotopic (exact) mass is 426 g/mol. The van der Waals surface area contributed by atoms with Gasteiger partial charge < -0.3 is 10.2 Å². The predicted octanol–water partition coefficient (Wildman–Crippen LogP) is 2.67. The molecule has 0 bridgehead atoms. The van der Waals surface area contributed by atoms with Gasteiger partial charge in [0.1, 0.15) is 23.2 Å². The minimum absolute atomic E-state index is 0.148. The molecule has 0 spiro atoms. The number of urea groups is 1. The predicted molar refractivity (Wildman–Crippen MR) is 108 cm³/mol. The first-order valence-electron chi connectivity index (χ1n) is 9.92. The van der Waals surface area contributed by atoms with Gasteiger partial charge in [-0.3, -0.25) is 14.3 Å². The Morgan fingerprint density at radius 2 is 2.16 bits per heavy atom. The normalized spacial score (nSPS) is 19.9. The largest absolute Gasteiger partial charge is 0.322 e. The number of rotatable bonds is 1. The van der Waals surface area contributed by atoms with E-state index in [4.69, 9.17) is 10.1 Å². The number of nitriles is 1. The summed E-state index contributed by atoms with van der Waals surface area (Å²) in [6.07, 6.45) is 0.494. The number of nitrogens with one attached hydrogen (secondary N) is 1. The molecule has 9 nitrogen and oxygen atoms in total. The third-order valence-electron chi connectivity index (χ3n) is 5.49. The zero-order valence-electron chi connectivity index (χ0n) is 17.8. The van der Waals surface area contributed by atoms with Crippen molar-refractivity contribution in [1.29, 1.82) is 5.26 Å². The Morgan fingerprint density at radius 1 is 1.42 bits per heavy atom. The second-order valence-electron chi connectivity index (χ2n) is 8.50. The highest BCUT2D eigenvalue weighted by Crippen LogP contribution is 2.31. The number of halogens is 1. The fraction of sp³-hybridized carbons (Fsp3) is 0.429. The number of hydroxylamine groups is 2. The molecule has 0 radical (unpaired) electrons. The van der Waals surface area contributed by atoms with Crippen LogP contribution in [0.3, 0.4) is 0 Å². The van der Waals surface area contributed by atoms with Gasteiger partial charge in [0.05, 0.1) is 24.3 Å². The summed E-state index contributed by atoms with van der Waals surface area (Å²) in [7, 11) is 1.57. The number of fused-ring (bicyclic) bond motifs is 3. The molecule has 2 aliphatic heterocycles. The van der Waals surface area contributed by atoms with E-state index < -0.39 is 17.4 Å². The van der Waals surface area contributed by atoms with Crippen LogP contribution in [0.15, 0.2) is 18.2 Å². The molecule has 2 aromatic rings. The smallest absolute Gasteiger partial charge is 0.317 e. The van der Waals surface area contributed by atoms with Crippen molar-refractivity contribution in [3.05, 3.63) is 46.5 Å². The second-order valence-corrected chi connectivity index (χ2v) is 8.50. The Labute approximate surface area is 178 Å². The number of nitrogens with zero attached hydrogens (tertiary/aromatic N) is 5. The second kappa shape index (κ2) is 7.35. The van der Waals surface area contributed by atoms with Gasteiger partial charge in [0.2, 0.25) is 0 Å². The van der Waals surface area contributed by atoms with Crippen LogP contribution in [0.4, 0.5) is 14.9 Å². The molecule has 31 heavy (non-hydrogen) atoms. The van der Waals surface area contributed by atoms with Gasteiger partial charge in [-0.05, 0) is 39.0 Å². The third kappa shape index (κ3) is 3.72. The van der Waals surface area contributed by atoms with Crippen molar-refractivity contribution in [3.8, 4) is 6.07 Å². The molecular formula is C21H23FN6O3. The molecular weight excluding hydrogens is 403 g/mol. The molecule has 1 N–H and O–H groups in total. The summed E-state index contributed by atoms with van der Waals surface area (Å²) >= 11 is 0. The van der Waals surface area contributed by atoms with Gasteiger partial charge in [0.25, 0.3) is 5.91 Å². The van der Waals surface area contributed by atoms with Crippen molar-refractivity contribution < 1.29 is 18.8 Å². The number of hydrogen-bond donors (Lipinski definition) is 1. The van der Waals surface area contributed by atoms with Gasteiger partial charge >= 0.3 is 6.03 Å². The Bertz CT molecular complexity index is 1120. The van der Waals surface area contributed by atoms with Gasteiger partial charge in [-0.2, -0.15) is 10.4 Å². The maximum Gasteiger partial charge on any atom is 0.322 e. The lowest BCUT2D eigenvalue weighted by Gasteiger charge is -2.33. The summed E-state index contributed by atoms with van der Waals surface area (Å²) in [5, 5.41) is 17.6. The van der Waals surface area contributed by atoms with E-state index in [1.165, 1.54) is 17.2 Å². The standard InChI is InChI=1S/C21H23FN6O3/c1-12-7-17-15(18-19(29)26(4)31-21(2,3)11-28(18)25-17)10-27(12)20(30)24-14-5-6-16(22)13(8-14)9-23/h5-6,8,12H,7,10-11H2,1-4H3,(H,24,30). The first-order chi connectivity index (χ1) is 14.6. The van der Waals surface area contributed by atoms with Crippen LogP contribution in [0.1, 0.15) is 48.1 Å². The average Bonchev–Trinajstić information content (AvgIpc) is 2.99. The molecule has 1 aromatic heterocycles. The maximum atomic E-state index is 13.6. The van der Waals surface area contributed by atoms with E-state index in [1.54, 1.807) is 22.7 Å². The Balaban J connectivity index is 1.63. The quantitative estimate of drug-likeness (QED) is 0.755. The van der Waals surface area contributed by atoms with E-state index in [-0.39, 0.29) is 24.1 Å². The van der Waals surface area contributed by atoms with Crippen molar-refractivity contribution in [2.24, 2.45) is 0 Å². The van der Waals surface area contributed by atoms with Crippen LogP contribution in [0.2, 0.25) is 0 Å². The molecule has 0 aliphatic carbocycles. The van der Waals surface area contributed by atoms with E-state index >= 15 is 0 Å². The number of benzene rings is 1. The number of hydrogen-bond acceptors (Lipinski definition) is 5. The fourth-order valence-corrected chi connectivity index (χ4v) is 4.06. The first kappa shape index (κ1) is 20.8. The van der Waals surface area contributed by atoms with Gasteiger partial charge in [-0.25, -0.2) is 14.2 Å². The van der Waals surface area contributed by atoms with Crippen LogP contribution in [0.5, 0.6) is 0 Å². The van der Waals surface area contributed by atoms with Crippen LogP contribution in [0, 0.1) is 17.1 Å². The van der Waals surface area contributed by atoms with Crippen molar-refractivity contribution >= 4 is 17.6 Å². The lowest BCUT2D eigenvalue weighted by molar-refractivity contribution is -0.190. The lowest BCUT2D eigenvalue weighted by Crippen LogP contribution is -2.45. The van der Waals surface area contributed by atoms with E-state index in [9.17, 15) is 14.0 Å². The van der Waals surface area contributed by atoms with E-state index in [1.807, 2.05) is 20.8 Å².